The maximum absolute atomic E-state index is 11.6. The third kappa shape index (κ3) is 7.03. The number of hydrogen-bond donors (Lipinski definition) is 1. The second kappa shape index (κ2) is 11.2. The van der Waals surface area contributed by atoms with Crippen molar-refractivity contribution in [3.8, 4) is 22.6 Å². The average Bonchev–Trinajstić information content (AvgIpc) is 3.18. The molecular formula is C29H30N2O7. The van der Waals surface area contributed by atoms with Gasteiger partial charge in [0.15, 0.2) is 0 Å². The highest BCUT2D eigenvalue weighted by molar-refractivity contribution is 5.69. The van der Waals surface area contributed by atoms with E-state index in [1.54, 1.807) is 12.1 Å². The van der Waals surface area contributed by atoms with Crippen molar-refractivity contribution >= 4 is 5.97 Å². The highest BCUT2D eigenvalue weighted by Gasteiger charge is 2.22. The number of hydrogen-bond acceptors (Lipinski definition) is 7. The van der Waals surface area contributed by atoms with Crippen LogP contribution in [0.15, 0.2) is 80.8 Å². The van der Waals surface area contributed by atoms with Gasteiger partial charge in [-0.2, -0.15) is 0 Å². The number of esters is 1. The highest BCUT2D eigenvalue weighted by Crippen LogP contribution is 2.28. The Morgan fingerprint density at radius 3 is 2.34 bits per heavy atom. The van der Waals surface area contributed by atoms with Gasteiger partial charge in [0.25, 0.3) is 0 Å². The first kappa shape index (κ1) is 26.5. The molecule has 0 radical (unpaired) electrons. The standard InChI is InChI=1S/C29H30N2O7/c1-19-14-25(36-18-29(3,4)37-20(2)32)12-13-26(19)23-7-5-6-22(15-23)17-35-24-10-8-21(9-11-24)16-31-27(33)30-28(34)38-31/h5-15H,16-18H2,1-4H3,(H,30,33,34). The van der Waals surface area contributed by atoms with Crippen LogP contribution in [0.4, 0.5) is 0 Å². The molecule has 1 N–H and O–H groups in total. The molecule has 0 atom stereocenters. The van der Waals surface area contributed by atoms with E-state index >= 15 is 0 Å². The molecule has 1 heterocycles. The van der Waals surface area contributed by atoms with Crippen LogP contribution >= 0.6 is 0 Å². The third-order valence-corrected chi connectivity index (χ3v) is 5.73. The van der Waals surface area contributed by atoms with E-state index < -0.39 is 17.0 Å². The van der Waals surface area contributed by atoms with Crippen molar-refractivity contribution in [2.24, 2.45) is 0 Å². The van der Waals surface area contributed by atoms with Gasteiger partial charge in [-0.3, -0.25) is 4.79 Å². The highest BCUT2D eigenvalue weighted by atomic mass is 16.6. The Balaban J connectivity index is 1.37. The maximum Gasteiger partial charge on any atom is 0.440 e. The fourth-order valence-electron chi connectivity index (χ4n) is 4.00. The van der Waals surface area contributed by atoms with Gasteiger partial charge in [-0.25, -0.2) is 14.6 Å². The number of rotatable bonds is 10. The van der Waals surface area contributed by atoms with E-state index in [0.29, 0.717) is 18.1 Å². The normalized spacial score (nSPS) is 11.3. The number of nitrogens with zero attached hydrogens (tertiary/aromatic N) is 1. The Hall–Kier alpha value is -4.53. The van der Waals surface area contributed by atoms with Crippen LogP contribution in [0.2, 0.25) is 0 Å². The van der Waals surface area contributed by atoms with Crippen molar-refractivity contribution in [1.82, 2.24) is 9.72 Å². The molecule has 4 aromatic rings. The predicted octanol–water partition coefficient (Wildman–Crippen LogP) is 4.45. The number of carbonyl (C=O) groups is 1. The van der Waals surface area contributed by atoms with Gasteiger partial charge in [-0.05, 0) is 78.9 Å². The molecule has 198 valence electrons. The van der Waals surface area contributed by atoms with Crippen molar-refractivity contribution in [2.45, 2.75) is 46.4 Å². The molecule has 9 heteroatoms. The van der Waals surface area contributed by atoms with Crippen LogP contribution in [0, 0.1) is 6.92 Å². The van der Waals surface area contributed by atoms with E-state index in [4.69, 9.17) is 18.7 Å². The number of aryl methyl sites for hydroxylation is 1. The summed E-state index contributed by atoms with van der Waals surface area (Å²) in [5.41, 5.74) is 3.69. The molecule has 3 aromatic carbocycles. The van der Waals surface area contributed by atoms with Crippen LogP contribution in [-0.2, 0) is 22.7 Å². The number of nitrogens with one attached hydrogen (secondary N) is 1. The average molecular weight is 519 g/mol. The molecule has 0 aliphatic carbocycles. The monoisotopic (exact) mass is 518 g/mol. The zero-order valence-electron chi connectivity index (χ0n) is 21.8. The third-order valence-electron chi connectivity index (χ3n) is 5.73. The van der Waals surface area contributed by atoms with Gasteiger partial charge >= 0.3 is 17.4 Å². The molecular weight excluding hydrogens is 488 g/mol. The van der Waals surface area contributed by atoms with Crippen molar-refractivity contribution < 1.29 is 23.5 Å². The summed E-state index contributed by atoms with van der Waals surface area (Å²) in [5, 5.41) is 0. The topological polar surface area (TPSA) is 113 Å². The molecule has 9 nitrogen and oxygen atoms in total. The molecule has 0 saturated carbocycles. The number of aromatic amines is 1. The van der Waals surface area contributed by atoms with E-state index in [0.717, 1.165) is 32.6 Å². The minimum absolute atomic E-state index is 0.146. The van der Waals surface area contributed by atoms with Gasteiger partial charge in [0, 0.05) is 6.92 Å². The lowest BCUT2D eigenvalue weighted by molar-refractivity contribution is -0.156. The number of ether oxygens (including phenoxy) is 3. The SMILES string of the molecule is CC(=O)OC(C)(C)COc1ccc(-c2cccc(COc3ccc(Cn4oc(=O)[nH]c4=O)cc3)c2)c(C)c1. The molecule has 4 rings (SSSR count). The molecule has 0 saturated heterocycles. The van der Waals surface area contributed by atoms with Gasteiger partial charge in [-0.15, -0.1) is 4.74 Å². The molecule has 0 amide bonds. The first-order valence-corrected chi connectivity index (χ1v) is 12.1. The van der Waals surface area contributed by atoms with Crippen LogP contribution in [-0.4, -0.2) is 27.9 Å². The summed E-state index contributed by atoms with van der Waals surface area (Å²) in [5.74, 6) is 0.263. The summed E-state index contributed by atoms with van der Waals surface area (Å²) in [7, 11) is 0. The minimum atomic E-state index is -0.781. The maximum atomic E-state index is 11.6. The van der Waals surface area contributed by atoms with Gasteiger partial charge in [0.2, 0.25) is 0 Å². The molecule has 1 aromatic heterocycles. The Morgan fingerprint density at radius 1 is 0.947 bits per heavy atom. The summed E-state index contributed by atoms with van der Waals surface area (Å²) in [6, 6.07) is 21.2. The van der Waals surface area contributed by atoms with Crippen molar-refractivity contribution in [2.75, 3.05) is 6.61 Å². The lowest BCUT2D eigenvalue weighted by atomic mass is 9.99. The van der Waals surface area contributed by atoms with Crippen molar-refractivity contribution in [3.05, 3.63) is 104 Å². The summed E-state index contributed by atoms with van der Waals surface area (Å²) in [4.78, 5) is 36.0. The first-order valence-electron chi connectivity index (χ1n) is 12.1. The van der Waals surface area contributed by atoms with Crippen LogP contribution in [0.5, 0.6) is 11.5 Å². The Morgan fingerprint density at radius 2 is 1.68 bits per heavy atom. The number of benzene rings is 3. The van der Waals surface area contributed by atoms with Gasteiger partial charge in [0.05, 0.1) is 6.54 Å². The number of H-pyrrole nitrogens is 1. The Bertz CT molecular complexity index is 1530. The molecule has 0 spiro atoms. The summed E-state index contributed by atoms with van der Waals surface area (Å²) in [6.07, 6.45) is 0. The van der Waals surface area contributed by atoms with E-state index in [1.807, 2.05) is 69.3 Å². The molecule has 0 aliphatic rings. The molecule has 38 heavy (non-hydrogen) atoms. The van der Waals surface area contributed by atoms with Crippen LogP contribution < -0.4 is 20.9 Å². The van der Waals surface area contributed by atoms with E-state index in [1.165, 1.54) is 6.92 Å². The molecule has 0 fully saturated rings. The van der Waals surface area contributed by atoms with Gasteiger partial charge in [0.1, 0.15) is 30.3 Å². The first-order chi connectivity index (χ1) is 18.1. The zero-order valence-corrected chi connectivity index (χ0v) is 21.8. The molecule has 0 unspecified atom stereocenters. The predicted molar refractivity (Wildman–Crippen MR) is 141 cm³/mol. The van der Waals surface area contributed by atoms with Crippen LogP contribution in [0.3, 0.4) is 0 Å². The Labute approximate surface area is 219 Å². The number of aromatic nitrogens is 2. The second-order valence-corrected chi connectivity index (χ2v) is 9.60. The smallest absolute Gasteiger partial charge is 0.440 e. The van der Waals surface area contributed by atoms with E-state index in [2.05, 4.69) is 11.1 Å². The summed E-state index contributed by atoms with van der Waals surface area (Å²) < 4.78 is 22.9. The Kier molecular flexibility index (Phi) is 7.85. The van der Waals surface area contributed by atoms with Crippen LogP contribution in [0.25, 0.3) is 11.1 Å². The van der Waals surface area contributed by atoms with Crippen LogP contribution in [0.1, 0.15) is 37.5 Å². The zero-order chi connectivity index (χ0) is 27.3. The van der Waals surface area contributed by atoms with E-state index in [-0.39, 0.29) is 19.1 Å². The lowest BCUT2D eigenvalue weighted by Crippen LogP contribution is -2.34. The van der Waals surface area contributed by atoms with Gasteiger partial charge in [-0.1, -0.05) is 36.4 Å². The lowest BCUT2D eigenvalue weighted by Gasteiger charge is -2.24. The van der Waals surface area contributed by atoms with Crippen molar-refractivity contribution in [3.63, 3.8) is 0 Å². The molecule has 0 aliphatic heterocycles. The quantitative estimate of drug-likeness (QED) is 0.309. The molecule has 0 bridgehead atoms. The number of carbonyl (C=O) groups excluding carboxylic acids is 1. The fourth-order valence-corrected chi connectivity index (χ4v) is 4.00. The van der Waals surface area contributed by atoms with E-state index in [9.17, 15) is 14.4 Å². The summed E-state index contributed by atoms with van der Waals surface area (Å²) in [6.45, 7) is 7.80. The van der Waals surface area contributed by atoms with Gasteiger partial charge < -0.3 is 18.7 Å². The minimum Gasteiger partial charge on any atom is -0.489 e. The second-order valence-electron chi connectivity index (χ2n) is 9.60. The fraction of sp³-hybridized carbons (Fsp3) is 0.276. The van der Waals surface area contributed by atoms with Crippen molar-refractivity contribution in [1.29, 1.82) is 0 Å². The largest absolute Gasteiger partial charge is 0.489 e. The summed E-state index contributed by atoms with van der Waals surface area (Å²) >= 11 is 0.